The number of anilines is 1. The quantitative estimate of drug-likeness (QED) is 0.664. The number of nitrogens with one attached hydrogen (secondary N) is 1. The number of nitro benzene ring substituents is 1. The van der Waals surface area contributed by atoms with Crippen LogP contribution in [0.15, 0.2) is 40.8 Å². The van der Waals surface area contributed by atoms with Crippen molar-refractivity contribution in [3.05, 3.63) is 58.0 Å². The highest BCUT2D eigenvalue weighted by Crippen LogP contribution is 2.47. The van der Waals surface area contributed by atoms with Gasteiger partial charge in [-0.3, -0.25) is 10.1 Å². The number of nitrogens with zero attached hydrogens (tertiary/aromatic N) is 2. The molecule has 1 saturated carbocycles. The van der Waals surface area contributed by atoms with E-state index in [1.54, 1.807) is 19.2 Å². The lowest BCUT2D eigenvalue weighted by Crippen LogP contribution is -2.30. The van der Waals surface area contributed by atoms with Crippen molar-refractivity contribution in [3.63, 3.8) is 0 Å². The lowest BCUT2D eigenvalue weighted by molar-refractivity contribution is -0.383. The summed E-state index contributed by atoms with van der Waals surface area (Å²) in [5, 5.41) is 13.6. The summed E-state index contributed by atoms with van der Waals surface area (Å²) in [5.74, 6) is 2.81. The van der Waals surface area contributed by atoms with Gasteiger partial charge in [0.2, 0.25) is 0 Å². The second kappa shape index (κ2) is 6.35. The van der Waals surface area contributed by atoms with E-state index in [2.05, 4.69) is 12.2 Å². The summed E-state index contributed by atoms with van der Waals surface area (Å²) in [7, 11) is 1.62. The lowest BCUT2D eigenvalue weighted by Gasteiger charge is -2.16. The molecule has 3 rings (SSSR count). The summed E-state index contributed by atoms with van der Waals surface area (Å²) in [6.45, 7) is 2.48. The molecule has 7 heteroatoms. The molecule has 1 heterocycles. The Bertz CT molecular complexity index is 771. The summed E-state index contributed by atoms with van der Waals surface area (Å²) < 4.78 is 5.78. The molecule has 1 aliphatic rings. The summed E-state index contributed by atoms with van der Waals surface area (Å²) >= 11 is 0. The van der Waals surface area contributed by atoms with Crippen molar-refractivity contribution in [2.45, 2.75) is 25.8 Å². The molecule has 1 N–H and O–H groups in total. The fourth-order valence-corrected chi connectivity index (χ4v) is 2.65. The third kappa shape index (κ3) is 3.40. The molecule has 0 bridgehead atoms. The molecule has 0 radical (unpaired) electrons. The van der Waals surface area contributed by atoms with E-state index in [1.807, 2.05) is 12.1 Å². The van der Waals surface area contributed by atoms with Crippen molar-refractivity contribution in [3.8, 4) is 0 Å². The third-order valence-corrected chi connectivity index (χ3v) is 4.24. The number of furan rings is 1. The molecule has 2 atom stereocenters. The topological polar surface area (TPSA) is 88.6 Å². The minimum atomic E-state index is -0.523. The normalized spacial score (nSPS) is 18.9. The minimum Gasteiger partial charge on any atom is -0.464 e. The monoisotopic (exact) mass is 329 g/mol. The van der Waals surface area contributed by atoms with Gasteiger partial charge < -0.3 is 14.6 Å². The van der Waals surface area contributed by atoms with Gasteiger partial charge in [0.1, 0.15) is 17.2 Å². The highest BCUT2D eigenvalue weighted by Gasteiger charge is 2.36. The van der Waals surface area contributed by atoms with Gasteiger partial charge in [-0.05, 0) is 30.5 Å². The van der Waals surface area contributed by atoms with Crippen LogP contribution in [-0.2, 0) is 6.54 Å². The molecule has 2 amide bonds. The maximum absolute atomic E-state index is 12.2. The number of hydrogen-bond acceptors (Lipinski definition) is 4. The number of nitro groups is 1. The van der Waals surface area contributed by atoms with E-state index in [-0.39, 0.29) is 11.4 Å². The number of carbonyl (C=O) groups is 1. The second-order valence-corrected chi connectivity index (χ2v) is 6.18. The molecule has 0 aliphatic heterocycles. The number of rotatable bonds is 5. The van der Waals surface area contributed by atoms with E-state index in [9.17, 15) is 14.9 Å². The number of amides is 2. The third-order valence-electron chi connectivity index (χ3n) is 4.24. The molecule has 24 heavy (non-hydrogen) atoms. The number of urea groups is 1. The Balaban J connectivity index is 1.63. The summed E-state index contributed by atoms with van der Waals surface area (Å²) in [5.41, 5.74) is 0.0357. The van der Waals surface area contributed by atoms with Crippen molar-refractivity contribution >= 4 is 17.4 Å². The van der Waals surface area contributed by atoms with Gasteiger partial charge in [0.25, 0.3) is 5.69 Å². The molecule has 1 aliphatic carbocycles. The number of carbonyl (C=O) groups excluding carboxylic acids is 1. The smallest absolute Gasteiger partial charge is 0.322 e. The zero-order valence-electron chi connectivity index (χ0n) is 13.6. The van der Waals surface area contributed by atoms with Crippen LogP contribution in [0.25, 0.3) is 0 Å². The first-order valence-corrected chi connectivity index (χ1v) is 7.80. The minimum absolute atomic E-state index is 0.137. The van der Waals surface area contributed by atoms with Gasteiger partial charge in [0.05, 0.1) is 11.5 Å². The summed E-state index contributed by atoms with van der Waals surface area (Å²) in [6, 6.07) is 9.45. The molecule has 0 spiro atoms. The fourth-order valence-electron chi connectivity index (χ4n) is 2.65. The Kier molecular flexibility index (Phi) is 4.24. The molecule has 0 saturated heterocycles. The molecule has 1 fully saturated rings. The highest BCUT2D eigenvalue weighted by atomic mass is 16.6. The molecular weight excluding hydrogens is 310 g/mol. The molecule has 1 aromatic heterocycles. The van der Waals surface area contributed by atoms with E-state index in [0.717, 1.165) is 12.2 Å². The van der Waals surface area contributed by atoms with Crippen molar-refractivity contribution < 1.29 is 14.1 Å². The second-order valence-electron chi connectivity index (χ2n) is 6.18. The SMILES string of the molecule is CC1CC1c1ccc(CN(C)C(=O)Nc2ccccc2[N+](=O)[O-])o1. The maximum Gasteiger partial charge on any atom is 0.322 e. The number of benzene rings is 1. The number of para-hydroxylation sites is 2. The van der Waals surface area contributed by atoms with Gasteiger partial charge >= 0.3 is 6.03 Å². The zero-order chi connectivity index (χ0) is 17.3. The van der Waals surface area contributed by atoms with Crippen LogP contribution in [0, 0.1) is 16.0 Å². The van der Waals surface area contributed by atoms with Crippen LogP contribution in [-0.4, -0.2) is 22.9 Å². The van der Waals surface area contributed by atoms with Gasteiger partial charge in [-0.1, -0.05) is 19.1 Å². The van der Waals surface area contributed by atoms with Crippen molar-refractivity contribution in [2.75, 3.05) is 12.4 Å². The Hall–Kier alpha value is -2.83. The van der Waals surface area contributed by atoms with Crippen LogP contribution in [0.4, 0.5) is 16.2 Å². The van der Waals surface area contributed by atoms with Gasteiger partial charge in [-0.25, -0.2) is 4.79 Å². The molecule has 2 aromatic rings. The van der Waals surface area contributed by atoms with Crippen molar-refractivity contribution in [2.24, 2.45) is 5.92 Å². The van der Waals surface area contributed by atoms with Crippen molar-refractivity contribution in [1.82, 2.24) is 4.90 Å². The van der Waals surface area contributed by atoms with E-state index >= 15 is 0 Å². The number of hydrogen-bond donors (Lipinski definition) is 1. The fraction of sp³-hybridized carbons (Fsp3) is 0.353. The zero-order valence-corrected chi connectivity index (χ0v) is 13.6. The van der Waals surface area contributed by atoms with E-state index in [1.165, 1.54) is 17.0 Å². The first kappa shape index (κ1) is 16.0. The summed E-state index contributed by atoms with van der Waals surface area (Å²) in [4.78, 5) is 24.1. The van der Waals surface area contributed by atoms with E-state index in [0.29, 0.717) is 24.1 Å². The van der Waals surface area contributed by atoms with Crippen LogP contribution in [0.5, 0.6) is 0 Å². The van der Waals surface area contributed by atoms with E-state index < -0.39 is 11.0 Å². The van der Waals surface area contributed by atoms with Gasteiger partial charge in [0, 0.05) is 19.0 Å². The first-order chi connectivity index (χ1) is 11.5. The highest BCUT2D eigenvalue weighted by molar-refractivity contribution is 5.91. The van der Waals surface area contributed by atoms with Gasteiger partial charge in [-0.2, -0.15) is 0 Å². The average Bonchev–Trinajstić information content (AvgIpc) is 3.09. The standard InChI is InChI=1S/C17H19N3O4/c1-11-9-13(11)16-8-7-12(24-16)10-19(2)17(21)18-14-5-3-4-6-15(14)20(22)23/h3-8,11,13H,9-10H2,1-2H3,(H,18,21). The van der Waals surface area contributed by atoms with Crippen LogP contribution in [0.2, 0.25) is 0 Å². The molecule has 126 valence electrons. The van der Waals surface area contributed by atoms with Crippen LogP contribution >= 0.6 is 0 Å². The Labute approximate surface area is 139 Å². The van der Waals surface area contributed by atoms with Gasteiger partial charge in [-0.15, -0.1) is 0 Å². The largest absolute Gasteiger partial charge is 0.464 e. The Morgan fingerprint density at radius 2 is 2.08 bits per heavy atom. The predicted octanol–water partition coefficient (Wildman–Crippen LogP) is 3.98. The maximum atomic E-state index is 12.2. The molecular formula is C17H19N3O4. The van der Waals surface area contributed by atoms with Crippen LogP contribution in [0.1, 0.15) is 30.8 Å². The summed E-state index contributed by atoms with van der Waals surface area (Å²) in [6.07, 6.45) is 1.14. The van der Waals surface area contributed by atoms with Crippen molar-refractivity contribution in [1.29, 1.82) is 0 Å². The molecule has 7 nitrogen and oxygen atoms in total. The van der Waals surface area contributed by atoms with Crippen LogP contribution in [0.3, 0.4) is 0 Å². The average molecular weight is 329 g/mol. The van der Waals surface area contributed by atoms with Gasteiger partial charge in [0.15, 0.2) is 0 Å². The van der Waals surface area contributed by atoms with E-state index in [4.69, 9.17) is 4.42 Å². The molecule has 2 unspecified atom stereocenters. The first-order valence-electron chi connectivity index (χ1n) is 7.80. The Morgan fingerprint density at radius 3 is 2.75 bits per heavy atom. The molecule has 1 aromatic carbocycles. The Morgan fingerprint density at radius 1 is 1.38 bits per heavy atom. The van der Waals surface area contributed by atoms with Crippen LogP contribution < -0.4 is 5.32 Å². The predicted molar refractivity (Wildman–Crippen MR) is 88.8 cm³/mol. The lowest BCUT2D eigenvalue weighted by atomic mass is 10.2.